The van der Waals surface area contributed by atoms with Gasteiger partial charge < -0.3 is 25.0 Å². The number of fused-ring (bicyclic) bond motifs is 4. The van der Waals surface area contributed by atoms with Crippen LogP contribution in [0.25, 0.3) is 22.3 Å². The van der Waals surface area contributed by atoms with E-state index in [2.05, 4.69) is 10.6 Å². The van der Waals surface area contributed by atoms with Crippen molar-refractivity contribution < 1.29 is 45.9 Å². The maximum absolute atomic E-state index is 14.6. The van der Waals surface area contributed by atoms with E-state index in [0.717, 1.165) is 31.2 Å². The fourth-order valence-corrected chi connectivity index (χ4v) is 8.96. The van der Waals surface area contributed by atoms with Crippen LogP contribution < -0.4 is 20.1 Å². The summed E-state index contributed by atoms with van der Waals surface area (Å²) in [6.45, 7) is 5.13. The molecule has 2 saturated carbocycles. The van der Waals surface area contributed by atoms with E-state index in [1.807, 2.05) is 53.3 Å². The molecule has 1 saturated heterocycles. The average Bonchev–Trinajstić information content (AvgIpc) is 4.09. The quantitative estimate of drug-likeness (QED) is 0.304. The molecule has 2 aliphatic carbocycles. The molecule has 0 radical (unpaired) electrons. The maximum atomic E-state index is 14.6. The lowest BCUT2D eigenvalue weighted by Gasteiger charge is -2.35. The first kappa shape index (κ1) is 40.3. The van der Waals surface area contributed by atoms with Gasteiger partial charge in [-0.25, -0.2) is 32.0 Å². The van der Waals surface area contributed by atoms with Crippen molar-refractivity contribution in [3.8, 4) is 17.1 Å². The molecule has 5 bridgehead atoms. The van der Waals surface area contributed by atoms with Gasteiger partial charge in [-0.15, -0.1) is 0 Å². The lowest BCUT2D eigenvalue weighted by molar-refractivity contribution is -0.143. The molecule has 0 unspecified atom stereocenters. The third kappa shape index (κ3) is 8.82. The first-order valence-corrected chi connectivity index (χ1v) is 21.0. The molecule has 0 spiro atoms. The molecule has 3 N–H and O–H groups in total. The molecule has 14 nitrogen and oxygen atoms in total. The van der Waals surface area contributed by atoms with E-state index < -0.39 is 87.0 Å². The number of alkyl carbamates (subject to hydrolysis) is 1. The number of carbonyl (C=O) groups is 4. The number of hydrogen-bond acceptors (Lipinski definition) is 10. The monoisotopic (exact) mass is 810 g/mol. The Labute approximate surface area is 329 Å². The molecule has 306 valence electrons. The predicted octanol–water partition coefficient (Wildman–Crippen LogP) is 4.65. The first-order chi connectivity index (χ1) is 27.1. The largest absolute Gasteiger partial charge is 0.471 e. The molecular weight excluding hydrogens is 763 g/mol. The molecule has 4 amide bonds. The number of aromatic nitrogens is 2. The van der Waals surface area contributed by atoms with Crippen LogP contribution in [0.2, 0.25) is 0 Å². The Morgan fingerprint density at radius 2 is 1.74 bits per heavy atom. The van der Waals surface area contributed by atoms with Gasteiger partial charge in [0.1, 0.15) is 29.4 Å². The second-order valence-corrected chi connectivity index (χ2v) is 18.5. The fraction of sp³-hybridized carbons (Fsp3) is 0.550. The van der Waals surface area contributed by atoms with Gasteiger partial charge in [0.05, 0.1) is 35.4 Å². The highest BCUT2D eigenvalue weighted by atomic mass is 32.2. The topological polar surface area (TPSA) is 186 Å². The number of nitrogens with zero attached hydrogens (tertiary/aromatic N) is 3. The zero-order valence-corrected chi connectivity index (χ0v) is 32.9. The van der Waals surface area contributed by atoms with Gasteiger partial charge in [-0.3, -0.25) is 19.1 Å². The Bertz CT molecular complexity index is 2150. The van der Waals surface area contributed by atoms with Gasteiger partial charge in [0.15, 0.2) is 0 Å². The summed E-state index contributed by atoms with van der Waals surface area (Å²) in [5, 5.41) is 4.30. The summed E-state index contributed by atoms with van der Waals surface area (Å²) >= 11 is 0. The zero-order chi connectivity index (χ0) is 40.7. The number of sulfonamides is 1. The number of cyclic esters (lactones) is 1. The number of carbonyl (C=O) groups excluding carboxylic acids is 4. The fourth-order valence-electron chi connectivity index (χ4n) is 7.60. The molecule has 1 aromatic heterocycles. The number of alkyl halides is 2. The number of hydrogen-bond donors (Lipinski definition) is 3. The minimum Gasteiger partial charge on any atom is -0.471 e. The summed E-state index contributed by atoms with van der Waals surface area (Å²) in [5.41, 5.74) is 0.277. The molecule has 3 fully saturated rings. The number of ether oxygens (including phenoxy) is 2. The van der Waals surface area contributed by atoms with Gasteiger partial charge in [0.2, 0.25) is 34.1 Å². The van der Waals surface area contributed by atoms with Crippen LogP contribution in [0, 0.1) is 11.3 Å². The van der Waals surface area contributed by atoms with Gasteiger partial charge in [-0.05, 0) is 61.6 Å². The molecule has 7 rings (SSSR count). The van der Waals surface area contributed by atoms with Crippen LogP contribution in [0.1, 0.15) is 77.7 Å². The van der Waals surface area contributed by atoms with Crippen LogP contribution >= 0.6 is 0 Å². The molecule has 17 heteroatoms. The van der Waals surface area contributed by atoms with E-state index in [-0.39, 0.29) is 25.5 Å². The SMILES string of the molecule is CC(C)(C)[C@@H]1NC(=O)OCCCCCCc2ccc3nc(-c4ccccc4)c(nc3c2)O[C@@H]2C[C@@H](C(=O)N[C@@]3(C(=O)NS(=O)(=O)C4CC4)C[C@H]3C(F)F)N(C2)C1=O. The second kappa shape index (κ2) is 15.8. The number of halogens is 2. The molecule has 3 aromatic rings. The van der Waals surface area contributed by atoms with Gasteiger partial charge in [0.25, 0.3) is 5.91 Å². The van der Waals surface area contributed by atoms with Gasteiger partial charge >= 0.3 is 6.09 Å². The molecule has 3 heterocycles. The molecule has 2 aliphatic heterocycles. The normalized spacial score (nSPS) is 26.1. The number of amides is 4. The molecule has 57 heavy (non-hydrogen) atoms. The highest BCUT2D eigenvalue weighted by Crippen LogP contribution is 2.48. The van der Waals surface area contributed by atoms with E-state index in [4.69, 9.17) is 19.4 Å². The lowest BCUT2D eigenvalue weighted by Crippen LogP contribution is -2.60. The summed E-state index contributed by atoms with van der Waals surface area (Å²) in [7, 11) is -4.14. The lowest BCUT2D eigenvalue weighted by atomic mass is 9.85. The zero-order valence-electron chi connectivity index (χ0n) is 32.1. The maximum Gasteiger partial charge on any atom is 0.407 e. The van der Waals surface area contributed by atoms with Crippen molar-refractivity contribution in [2.75, 3.05) is 13.2 Å². The van der Waals surface area contributed by atoms with Gasteiger partial charge in [-0.2, -0.15) is 0 Å². The third-order valence-electron chi connectivity index (χ3n) is 11.1. The van der Waals surface area contributed by atoms with Crippen molar-refractivity contribution in [1.29, 1.82) is 0 Å². The Morgan fingerprint density at radius 3 is 2.42 bits per heavy atom. The van der Waals surface area contributed by atoms with E-state index in [0.29, 0.717) is 41.6 Å². The van der Waals surface area contributed by atoms with E-state index >= 15 is 0 Å². The minimum absolute atomic E-state index is 0.131. The van der Waals surface area contributed by atoms with Crippen molar-refractivity contribution in [3.63, 3.8) is 0 Å². The van der Waals surface area contributed by atoms with E-state index in [1.165, 1.54) is 4.90 Å². The summed E-state index contributed by atoms with van der Waals surface area (Å²) in [6, 6.07) is 12.5. The Hall–Kier alpha value is -4.93. The standard InChI is InChI=1S/C40H48F2N6O8S/c1-39(2,3)32-36(50)48-22-25(20-30(48)34(49)46-40(21-27(40)33(41)42)37(51)47-57(53,54)26-15-16-26)56-35-31(24-12-8-6-9-13-24)43-28-17-14-23(19-29(28)44-35)11-7-4-5-10-18-55-38(52)45-32/h6,8-9,12-14,17,19,25-27,30,32-33H,4-5,7,10-11,15-16,18,20-22H2,1-3H3,(H,45,52)(H,46,49)(H,47,51)/t25-,27+,30+,32-,40+/m1/s1. The number of benzene rings is 2. The van der Waals surface area contributed by atoms with Crippen molar-refractivity contribution in [3.05, 3.63) is 54.1 Å². The third-order valence-corrected chi connectivity index (χ3v) is 12.9. The van der Waals surface area contributed by atoms with Crippen molar-refractivity contribution >= 4 is 44.9 Å². The summed E-state index contributed by atoms with van der Waals surface area (Å²) in [4.78, 5) is 66.5. The predicted molar refractivity (Wildman–Crippen MR) is 204 cm³/mol. The average molecular weight is 811 g/mol. The smallest absolute Gasteiger partial charge is 0.407 e. The number of rotatable bonds is 7. The first-order valence-electron chi connectivity index (χ1n) is 19.5. The van der Waals surface area contributed by atoms with Crippen LogP contribution in [-0.2, 0) is 35.6 Å². The van der Waals surface area contributed by atoms with Crippen molar-refractivity contribution in [2.24, 2.45) is 11.3 Å². The number of nitrogens with one attached hydrogen (secondary N) is 3. The van der Waals surface area contributed by atoms with Crippen molar-refractivity contribution in [2.45, 2.75) is 114 Å². The summed E-state index contributed by atoms with van der Waals surface area (Å²) in [6.07, 6.45) is -0.770. The summed E-state index contributed by atoms with van der Waals surface area (Å²) < 4.78 is 67.7. The molecule has 5 atom stereocenters. The number of aryl methyl sites for hydroxylation is 1. The second-order valence-electron chi connectivity index (χ2n) is 16.6. The Kier molecular flexibility index (Phi) is 11.2. The highest BCUT2D eigenvalue weighted by Gasteiger charge is 2.67. The molecule has 2 aromatic carbocycles. The van der Waals surface area contributed by atoms with Gasteiger partial charge in [0, 0.05) is 12.0 Å². The van der Waals surface area contributed by atoms with Crippen LogP contribution in [0.15, 0.2) is 48.5 Å². The van der Waals surface area contributed by atoms with Crippen LogP contribution in [0.4, 0.5) is 13.6 Å². The van der Waals surface area contributed by atoms with Crippen LogP contribution in [0.3, 0.4) is 0 Å². The van der Waals surface area contributed by atoms with E-state index in [1.54, 1.807) is 20.8 Å². The molecular formula is C40H48F2N6O8S. The Morgan fingerprint density at radius 1 is 1.00 bits per heavy atom. The van der Waals surface area contributed by atoms with Crippen LogP contribution in [-0.4, -0.2) is 95.7 Å². The van der Waals surface area contributed by atoms with Crippen LogP contribution in [0.5, 0.6) is 5.88 Å². The highest BCUT2D eigenvalue weighted by molar-refractivity contribution is 7.91. The van der Waals surface area contributed by atoms with Crippen molar-refractivity contribution in [1.82, 2.24) is 30.2 Å². The minimum atomic E-state index is -4.14. The molecule has 4 aliphatic rings. The Balaban J connectivity index is 1.25. The van der Waals surface area contributed by atoms with Gasteiger partial charge in [-0.1, -0.05) is 70.0 Å². The van der Waals surface area contributed by atoms with E-state index in [9.17, 15) is 36.4 Å². The summed E-state index contributed by atoms with van der Waals surface area (Å²) in [5.74, 6) is -4.39.